The van der Waals surface area contributed by atoms with Crippen molar-refractivity contribution in [1.82, 2.24) is 9.55 Å². The highest BCUT2D eigenvalue weighted by Gasteiger charge is 2.20. The van der Waals surface area contributed by atoms with E-state index in [2.05, 4.69) is 4.98 Å². The number of carbonyl (C=O) groups is 1. The summed E-state index contributed by atoms with van der Waals surface area (Å²) in [5.41, 5.74) is 1.10. The molecule has 1 aliphatic rings. The summed E-state index contributed by atoms with van der Waals surface area (Å²) in [5.74, 6) is 0.0406. The Morgan fingerprint density at radius 3 is 2.81 bits per heavy atom. The van der Waals surface area contributed by atoms with Crippen molar-refractivity contribution in [3.05, 3.63) is 56.4 Å². The number of aryl methyl sites for hydroxylation is 3. The number of hydrogen-bond acceptors (Lipinski definition) is 5. The lowest BCUT2D eigenvalue weighted by Crippen LogP contribution is -2.23. The molecule has 0 saturated heterocycles. The molecule has 5 nitrogen and oxygen atoms in total. The molecule has 0 aliphatic heterocycles. The monoisotopic (exact) mass is 388 g/mol. The van der Waals surface area contributed by atoms with Gasteiger partial charge in [0.1, 0.15) is 10.6 Å². The highest BCUT2D eigenvalue weighted by Crippen LogP contribution is 2.33. The van der Waals surface area contributed by atoms with Crippen molar-refractivity contribution in [3.8, 4) is 5.75 Å². The molecule has 0 atom stereocenters. The molecule has 3 aromatic rings. The molecule has 0 bridgehead atoms. The van der Waals surface area contributed by atoms with Gasteiger partial charge in [-0.3, -0.25) is 14.2 Å². The molecule has 0 saturated carbocycles. The third-order valence-corrected chi connectivity index (χ3v) is 6.00. The van der Waals surface area contributed by atoms with Gasteiger partial charge in [0.2, 0.25) is 0 Å². The number of hydrogen-bond donors (Lipinski definition) is 0. The summed E-state index contributed by atoms with van der Waals surface area (Å²) in [6.07, 6.45) is 5.88. The summed E-state index contributed by atoms with van der Waals surface area (Å²) in [7, 11) is 0. The molecule has 0 N–H and O–H groups in total. The molecule has 2 aromatic heterocycles. The Bertz CT molecular complexity index is 1020. The number of carbonyl (C=O) groups excluding carboxylic acids is 1. The van der Waals surface area contributed by atoms with Gasteiger partial charge in [0, 0.05) is 16.4 Å². The summed E-state index contributed by atoms with van der Waals surface area (Å²) in [6.45, 7) is 0.249. The summed E-state index contributed by atoms with van der Waals surface area (Å²) < 4.78 is 6.77. The average Bonchev–Trinajstić information content (AvgIpc) is 3.02. The summed E-state index contributed by atoms with van der Waals surface area (Å²) >= 11 is 7.43. The van der Waals surface area contributed by atoms with Crippen molar-refractivity contribution < 1.29 is 9.53 Å². The molecule has 0 spiro atoms. The zero-order valence-corrected chi connectivity index (χ0v) is 15.6. The largest absolute Gasteiger partial charge is 0.426 e. The second-order valence-electron chi connectivity index (χ2n) is 6.31. The van der Waals surface area contributed by atoms with E-state index in [-0.39, 0.29) is 18.5 Å². The predicted octanol–water partition coefficient (Wildman–Crippen LogP) is 3.99. The molecular weight excluding hydrogens is 372 g/mol. The van der Waals surface area contributed by atoms with Crippen molar-refractivity contribution in [2.45, 2.75) is 38.6 Å². The second-order valence-corrected chi connectivity index (χ2v) is 7.83. The van der Waals surface area contributed by atoms with E-state index < -0.39 is 5.97 Å². The lowest BCUT2D eigenvalue weighted by Gasteiger charge is -2.10. The van der Waals surface area contributed by atoms with Crippen LogP contribution in [-0.2, 0) is 24.2 Å². The number of halogens is 1. The quantitative estimate of drug-likeness (QED) is 0.501. The number of fused-ring (bicyclic) bond motifs is 3. The molecule has 4 rings (SSSR count). The normalized spacial score (nSPS) is 13.6. The summed E-state index contributed by atoms with van der Waals surface area (Å²) in [6, 6.07) is 6.59. The van der Waals surface area contributed by atoms with Gasteiger partial charge in [0.05, 0.1) is 18.1 Å². The van der Waals surface area contributed by atoms with Crippen molar-refractivity contribution in [1.29, 1.82) is 0 Å². The lowest BCUT2D eigenvalue weighted by molar-refractivity contribution is -0.134. The number of rotatable bonds is 4. The van der Waals surface area contributed by atoms with Gasteiger partial charge in [0.15, 0.2) is 0 Å². The van der Waals surface area contributed by atoms with Gasteiger partial charge in [-0.15, -0.1) is 11.3 Å². The highest BCUT2D eigenvalue weighted by atomic mass is 35.5. The fourth-order valence-electron chi connectivity index (χ4n) is 3.24. The molecule has 7 heteroatoms. The van der Waals surface area contributed by atoms with E-state index >= 15 is 0 Å². The Labute approximate surface area is 159 Å². The minimum atomic E-state index is -0.397. The van der Waals surface area contributed by atoms with Crippen LogP contribution in [0, 0.1) is 0 Å². The molecule has 0 fully saturated rings. The van der Waals surface area contributed by atoms with Gasteiger partial charge in [0.25, 0.3) is 5.56 Å². The zero-order chi connectivity index (χ0) is 18.1. The molecule has 0 unspecified atom stereocenters. The Morgan fingerprint density at radius 2 is 2.00 bits per heavy atom. The number of nitrogens with zero attached hydrogens (tertiary/aromatic N) is 2. The Balaban J connectivity index is 1.50. The fraction of sp³-hybridized carbons (Fsp3) is 0.316. The molecule has 1 aliphatic carbocycles. The molecule has 0 amide bonds. The van der Waals surface area contributed by atoms with Crippen molar-refractivity contribution >= 4 is 39.1 Å². The number of benzene rings is 1. The summed E-state index contributed by atoms with van der Waals surface area (Å²) in [5, 5.41) is 1.31. The first-order valence-electron chi connectivity index (χ1n) is 8.58. The van der Waals surface area contributed by atoms with Crippen LogP contribution < -0.4 is 10.3 Å². The molecular formula is C19H17ClN2O3S. The van der Waals surface area contributed by atoms with Crippen molar-refractivity contribution in [2.24, 2.45) is 0 Å². The zero-order valence-electron chi connectivity index (χ0n) is 14.0. The van der Waals surface area contributed by atoms with Crippen molar-refractivity contribution in [2.75, 3.05) is 0 Å². The van der Waals surface area contributed by atoms with Crippen LogP contribution in [0.1, 0.15) is 29.7 Å². The van der Waals surface area contributed by atoms with E-state index in [9.17, 15) is 9.59 Å². The Hall–Kier alpha value is -2.18. The van der Waals surface area contributed by atoms with Crippen LogP contribution in [0.5, 0.6) is 5.75 Å². The smallest absolute Gasteiger partial charge is 0.312 e. The van der Waals surface area contributed by atoms with E-state index in [0.29, 0.717) is 10.8 Å². The number of aromatic nitrogens is 2. The minimum absolute atomic E-state index is 0.0614. The molecule has 2 heterocycles. The fourth-order valence-corrected chi connectivity index (χ4v) is 4.58. The lowest BCUT2D eigenvalue weighted by atomic mass is 9.97. The first kappa shape index (κ1) is 17.2. The molecule has 26 heavy (non-hydrogen) atoms. The van der Waals surface area contributed by atoms with Gasteiger partial charge in [-0.2, -0.15) is 0 Å². The van der Waals surface area contributed by atoms with E-state index in [1.165, 1.54) is 22.2 Å². The Kier molecular flexibility index (Phi) is 4.78. The predicted molar refractivity (Wildman–Crippen MR) is 102 cm³/mol. The summed E-state index contributed by atoms with van der Waals surface area (Å²) in [4.78, 5) is 31.4. The van der Waals surface area contributed by atoms with Crippen LogP contribution in [0.15, 0.2) is 35.4 Å². The Morgan fingerprint density at radius 1 is 1.23 bits per heavy atom. The highest BCUT2D eigenvalue weighted by molar-refractivity contribution is 7.18. The van der Waals surface area contributed by atoms with E-state index in [1.807, 2.05) is 0 Å². The molecule has 0 radical (unpaired) electrons. The number of esters is 1. The van der Waals surface area contributed by atoms with E-state index in [1.54, 1.807) is 35.6 Å². The number of ether oxygens (including phenoxy) is 1. The number of thiophene rings is 1. The maximum atomic E-state index is 12.8. The average molecular weight is 389 g/mol. The minimum Gasteiger partial charge on any atom is -0.426 e. The van der Waals surface area contributed by atoms with Gasteiger partial charge in [-0.05, 0) is 55.5 Å². The first-order chi connectivity index (χ1) is 12.6. The standard InChI is InChI=1S/C19H17ClN2O3S/c20-12-5-7-13(8-6-12)25-16(23)9-10-22-11-21-18-17(19(22)24)14-3-1-2-4-15(14)26-18/h5-8,11H,1-4,9-10H2. The topological polar surface area (TPSA) is 61.2 Å². The van der Waals surface area contributed by atoms with Crippen LogP contribution in [0.25, 0.3) is 10.2 Å². The van der Waals surface area contributed by atoms with Gasteiger partial charge in [-0.25, -0.2) is 4.98 Å². The van der Waals surface area contributed by atoms with Crippen LogP contribution in [0.2, 0.25) is 5.02 Å². The van der Waals surface area contributed by atoms with Crippen LogP contribution >= 0.6 is 22.9 Å². The van der Waals surface area contributed by atoms with Crippen LogP contribution in [0.3, 0.4) is 0 Å². The second kappa shape index (κ2) is 7.21. The van der Waals surface area contributed by atoms with Crippen LogP contribution in [0.4, 0.5) is 0 Å². The third kappa shape index (κ3) is 3.39. The maximum Gasteiger partial charge on any atom is 0.312 e. The SMILES string of the molecule is O=C(CCn1cnc2sc3c(c2c1=O)CCCC3)Oc1ccc(Cl)cc1. The maximum absolute atomic E-state index is 12.8. The van der Waals surface area contributed by atoms with Gasteiger partial charge >= 0.3 is 5.97 Å². The van der Waals surface area contributed by atoms with E-state index in [4.69, 9.17) is 16.3 Å². The molecule has 134 valence electrons. The van der Waals surface area contributed by atoms with Crippen LogP contribution in [-0.4, -0.2) is 15.5 Å². The van der Waals surface area contributed by atoms with Gasteiger partial charge in [-0.1, -0.05) is 11.6 Å². The van der Waals surface area contributed by atoms with Gasteiger partial charge < -0.3 is 4.74 Å². The van der Waals surface area contributed by atoms with Crippen molar-refractivity contribution in [3.63, 3.8) is 0 Å². The van der Waals surface area contributed by atoms with E-state index in [0.717, 1.165) is 35.0 Å². The third-order valence-electron chi connectivity index (χ3n) is 4.54. The first-order valence-corrected chi connectivity index (χ1v) is 9.77. The molecule has 1 aromatic carbocycles.